The highest BCUT2D eigenvalue weighted by Crippen LogP contribution is 2.40. The third-order valence-corrected chi connectivity index (χ3v) is 4.61. The average Bonchev–Trinajstić information content (AvgIpc) is 3.05. The van der Waals surface area contributed by atoms with Gasteiger partial charge < -0.3 is 28.8 Å². The quantitative estimate of drug-likeness (QED) is 0.814. The minimum atomic E-state index is -0.720. The molecule has 0 unspecified atom stereocenters. The van der Waals surface area contributed by atoms with Crippen molar-refractivity contribution in [1.29, 1.82) is 0 Å². The lowest BCUT2D eigenvalue weighted by atomic mass is 10.0. The summed E-state index contributed by atoms with van der Waals surface area (Å²) in [5, 5.41) is 10.5. The van der Waals surface area contributed by atoms with Crippen LogP contribution >= 0.6 is 0 Å². The van der Waals surface area contributed by atoms with Crippen LogP contribution in [0.25, 0.3) is 0 Å². The number of hydrogen-bond donors (Lipinski definition) is 1. The van der Waals surface area contributed by atoms with Crippen LogP contribution in [0.1, 0.15) is 39.2 Å². The van der Waals surface area contributed by atoms with E-state index in [0.717, 1.165) is 17.7 Å². The van der Waals surface area contributed by atoms with Crippen molar-refractivity contribution < 1.29 is 28.8 Å². The molecular weight excluding hydrogens is 324 g/mol. The summed E-state index contributed by atoms with van der Waals surface area (Å²) >= 11 is 0. The van der Waals surface area contributed by atoms with Crippen LogP contribution < -0.4 is 4.74 Å². The largest absolute Gasteiger partial charge is 0.496 e. The molecule has 6 nitrogen and oxygen atoms in total. The van der Waals surface area contributed by atoms with E-state index in [0.29, 0.717) is 13.0 Å². The summed E-state index contributed by atoms with van der Waals surface area (Å²) in [6, 6.07) is 7.71. The Kier molecular flexibility index (Phi) is 5.65. The lowest BCUT2D eigenvalue weighted by Crippen LogP contribution is -2.42. The number of methoxy groups -OCH3 is 1. The van der Waals surface area contributed by atoms with Crippen molar-refractivity contribution in [1.82, 2.24) is 0 Å². The number of para-hydroxylation sites is 1. The maximum absolute atomic E-state index is 10.5. The highest BCUT2D eigenvalue weighted by Gasteiger charge is 2.56. The lowest BCUT2D eigenvalue weighted by molar-refractivity contribution is -0.230. The first-order chi connectivity index (χ1) is 11.9. The molecule has 0 aliphatic carbocycles. The molecule has 1 N–H and O–H groups in total. The molecule has 140 valence electrons. The molecule has 2 aliphatic rings. The Morgan fingerprint density at radius 1 is 1.24 bits per heavy atom. The van der Waals surface area contributed by atoms with Gasteiger partial charge in [0, 0.05) is 5.56 Å². The van der Waals surface area contributed by atoms with Gasteiger partial charge in [-0.05, 0) is 26.3 Å². The van der Waals surface area contributed by atoms with Gasteiger partial charge in [-0.3, -0.25) is 0 Å². The van der Waals surface area contributed by atoms with Gasteiger partial charge >= 0.3 is 0 Å². The second kappa shape index (κ2) is 7.60. The first-order valence-corrected chi connectivity index (χ1v) is 8.88. The predicted octanol–water partition coefficient (Wildman–Crippen LogP) is 2.62. The second-order valence-electron chi connectivity index (χ2n) is 7.01. The predicted molar refractivity (Wildman–Crippen MR) is 91.2 cm³/mol. The molecule has 25 heavy (non-hydrogen) atoms. The maximum atomic E-state index is 10.5. The van der Waals surface area contributed by atoms with E-state index in [1.54, 1.807) is 7.11 Å². The molecule has 0 bridgehead atoms. The smallest absolute Gasteiger partial charge is 0.190 e. The van der Waals surface area contributed by atoms with E-state index in [4.69, 9.17) is 23.7 Å². The summed E-state index contributed by atoms with van der Waals surface area (Å²) in [5.74, 6) is 0.0507. The molecule has 6 heteroatoms. The fourth-order valence-corrected chi connectivity index (χ4v) is 3.47. The fourth-order valence-electron chi connectivity index (χ4n) is 3.47. The van der Waals surface area contributed by atoms with Gasteiger partial charge in [-0.1, -0.05) is 31.5 Å². The first-order valence-electron chi connectivity index (χ1n) is 8.88. The van der Waals surface area contributed by atoms with E-state index in [-0.39, 0.29) is 6.10 Å². The van der Waals surface area contributed by atoms with Crippen LogP contribution in [0.15, 0.2) is 24.3 Å². The minimum Gasteiger partial charge on any atom is -0.496 e. The molecule has 0 saturated carbocycles. The number of rotatable bonds is 7. The third-order valence-electron chi connectivity index (χ3n) is 4.61. The van der Waals surface area contributed by atoms with E-state index in [1.807, 2.05) is 45.0 Å². The number of fused-ring (bicyclic) bond motifs is 1. The highest BCUT2D eigenvalue weighted by atomic mass is 16.8. The Labute approximate surface area is 149 Å². The van der Waals surface area contributed by atoms with Gasteiger partial charge in [0.05, 0.1) is 19.8 Å². The first kappa shape index (κ1) is 18.6. The Hall–Kier alpha value is -1.18. The van der Waals surface area contributed by atoms with Crippen molar-refractivity contribution in [3.63, 3.8) is 0 Å². The molecule has 2 saturated heterocycles. The van der Waals surface area contributed by atoms with Gasteiger partial charge in [-0.2, -0.15) is 0 Å². The van der Waals surface area contributed by atoms with E-state index in [1.165, 1.54) is 0 Å². The van der Waals surface area contributed by atoms with Crippen LogP contribution in [-0.4, -0.2) is 48.7 Å². The molecule has 2 heterocycles. The van der Waals surface area contributed by atoms with Crippen molar-refractivity contribution in [2.75, 3.05) is 7.11 Å². The summed E-state index contributed by atoms with van der Waals surface area (Å²) in [4.78, 5) is 0. The maximum Gasteiger partial charge on any atom is 0.190 e. The van der Waals surface area contributed by atoms with Crippen LogP contribution in [0.3, 0.4) is 0 Å². The van der Waals surface area contributed by atoms with Crippen molar-refractivity contribution in [2.24, 2.45) is 0 Å². The number of aliphatic hydroxyl groups excluding tert-OH is 1. The molecule has 2 fully saturated rings. The zero-order chi connectivity index (χ0) is 18.0. The van der Waals surface area contributed by atoms with E-state index in [2.05, 4.69) is 0 Å². The van der Waals surface area contributed by atoms with Gasteiger partial charge in [-0.25, -0.2) is 0 Å². The normalized spacial score (nSPS) is 31.7. The van der Waals surface area contributed by atoms with Gasteiger partial charge in [0.1, 0.15) is 24.1 Å². The molecule has 1 aromatic rings. The Balaban J connectivity index is 1.74. The summed E-state index contributed by atoms with van der Waals surface area (Å²) in [6.45, 7) is 6.08. The van der Waals surface area contributed by atoms with Crippen LogP contribution in [0, 0.1) is 0 Å². The van der Waals surface area contributed by atoms with E-state index < -0.39 is 30.4 Å². The summed E-state index contributed by atoms with van der Waals surface area (Å²) in [6.07, 6.45) is -0.867. The van der Waals surface area contributed by atoms with Crippen LogP contribution in [0.2, 0.25) is 0 Å². The standard InChI is InChI=1S/C19H28O6/c1-5-8-13(20)15-16(17-18(23-15)25-19(2,3)24-17)22-11-12-9-6-7-10-14(12)21-4/h6-7,9-10,13,15-18,20H,5,8,11H2,1-4H3/t13-,15-,16+,17-,18-/m1/s1. The topological polar surface area (TPSA) is 66.4 Å². The molecule has 1 aromatic carbocycles. The Morgan fingerprint density at radius 2 is 2.00 bits per heavy atom. The molecule has 3 rings (SSSR count). The molecule has 0 aromatic heterocycles. The van der Waals surface area contributed by atoms with E-state index in [9.17, 15) is 5.11 Å². The van der Waals surface area contributed by atoms with Gasteiger partial charge in [0.2, 0.25) is 0 Å². The number of benzene rings is 1. The number of hydrogen-bond acceptors (Lipinski definition) is 6. The van der Waals surface area contributed by atoms with Crippen molar-refractivity contribution >= 4 is 0 Å². The Bertz CT molecular complexity index is 575. The van der Waals surface area contributed by atoms with Gasteiger partial charge in [0.15, 0.2) is 12.1 Å². The van der Waals surface area contributed by atoms with Crippen molar-refractivity contribution in [2.45, 2.75) is 76.7 Å². The van der Waals surface area contributed by atoms with Crippen molar-refractivity contribution in [3.8, 4) is 5.75 Å². The van der Waals surface area contributed by atoms with Crippen LogP contribution in [0.4, 0.5) is 0 Å². The van der Waals surface area contributed by atoms with Crippen molar-refractivity contribution in [3.05, 3.63) is 29.8 Å². The molecular formula is C19H28O6. The molecule has 5 atom stereocenters. The number of aliphatic hydroxyl groups is 1. The van der Waals surface area contributed by atoms with Crippen LogP contribution in [0.5, 0.6) is 5.75 Å². The molecule has 0 spiro atoms. The summed E-state index contributed by atoms with van der Waals surface area (Å²) < 4.78 is 29.2. The van der Waals surface area contributed by atoms with Crippen LogP contribution in [-0.2, 0) is 25.6 Å². The third kappa shape index (κ3) is 3.99. The average molecular weight is 352 g/mol. The lowest BCUT2D eigenvalue weighted by Gasteiger charge is -2.28. The molecule has 0 radical (unpaired) electrons. The highest BCUT2D eigenvalue weighted by molar-refractivity contribution is 5.32. The zero-order valence-electron chi connectivity index (χ0n) is 15.3. The number of ether oxygens (including phenoxy) is 5. The van der Waals surface area contributed by atoms with Gasteiger partial charge in [-0.15, -0.1) is 0 Å². The Morgan fingerprint density at radius 3 is 2.72 bits per heavy atom. The SMILES string of the molecule is CCC[C@@H](O)[C@H]1O[C@@H]2OC(C)(C)O[C@@H]2[C@H]1OCc1ccccc1OC. The molecule has 2 aliphatic heterocycles. The monoisotopic (exact) mass is 352 g/mol. The summed E-state index contributed by atoms with van der Waals surface area (Å²) in [5.41, 5.74) is 0.940. The summed E-state index contributed by atoms with van der Waals surface area (Å²) in [7, 11) is 1.64. The fraction of sp³-hybridized carbons (Fsp3) is 0.684. The van der Waals surface area contributed by atoms with Gasteiger partial charge in [0.25, 0.3) is 0 Å². The molecule has 0 amide bonds. The minimum absolute atomic E-state index is 0.348. The van der Waals surface area contributed by atoms with E-state index >= 15 is 0 Å². The second-order valence-corrected chi connectivity index (χ2v) is 7.01. The zero-order valence-corrected chi connectivity index (χ0v) is 15.3.